The molecular formula is C16H12Cl2N2O3. The number of nitrogens with zero attached hydrogens (tertiary/aromatic N) is 1. The summed E-state index contributed by atoms with van der Waals surface area (Å²) >= 11 is 11.7. The van der Waals surface area contributed by atoms with E-state index in [9.17, 15) is 14.9 Å². The molecule has 118 valence electrons. The van der Waals surface area contributed by atoms with Crippen molar-refractivity contribution in [2.45, 2.75) is 6.92 Å². The van der Waals surface area contributed by atoms with Gasteiger partial charge in [0.25, 0.3) is 5.69 Å². The second kappa shape index (κ2) is 7.26. The van der Waals surface area contributed by atoms with Crippen LogP contribution in [0.25, 0.3) is 0 Å². The van der Waals surface area contributed by atoms with Gasteiger partial charge in [0.2, 0.25) is 0 Å². The van der Waals surface area contributed by atoms with Crippen molar-refractivity contribution >= 4 is 40.4 Å². The number of nitrogens with one attached hydrogen (secondary N) is 1. The SMILES string of the molecule is Cc1cc([N+](=O)[O-])ccc1NC=CC(=O)c1ccc(Cl)c(Cl)c1. The predicted octanol–water partition coefficient (Wildman–Crippen LogP) is 5.02. The Bertz CT molecular complexity index is 804. The third kappa shape index (κ3) is 4.31. The molecule has 5 nitrogen and oxygen atoms in total. The van der Waals surface area contributed by atoms with Crippen LogP contribution in [0.1, 0.15) is 15.9 Å². The summed E-state index contributed by atoms with van der Waals surface area (Å²) in [6.07, 6.45) is 2.82. The molecule has 0 aliphatic carbocycles. The monoisotopic (exact) mass is 350 g/mol. The Morgan fingerprint density at radius 3 is 2.52 bits per heavy atom. The highest BCUT2D eigenvalue weighted by Gasteiger charge is 2.08. The van der Waals surface area contributed by atoms with Gasteiger partial charge in [-0.1, -0.05) is 23.2 Å². The number of anilines is 1. The summed E-state index contributed by atoms with van der Waals surface area (Å²) in [6.45, 7) is 1.74. The molecular weight excluding hydrogens is 339 g/mol. The first-order valence-electron chi connectivity index (χ1n) is 6.56. The highest BCUT2D eigenvalue weighted by molar-refractivity contribution is 6.42. The van der Waals surface area contributed by atoms with E-state index in [2.05, 4.69) is 5.32 Å². The largest absolute Gasteiger partial charge is 0.361 e. The fraction of sp³-hybridized carbons (Fsp3) is 0.0625. The molecule has 0 aliphatic rings. The number of halogens is 2. The first kappa shape index (κ1) is 17.0. The van der Waals surface area contributed by atoms with E-state index in [1.807, 2.05) is 0 Å². The molecule has 0 radical (unpaired) electrons. The minimum atomic E-state index is -0.458. The number of rotatable bonds is 5. The Morgan fingerprint density at radius 2 is 1.91 bits per heavy atom. The Kier molecular flexibility index (Phi) is 5.36. The molecule has 2 aromatic rings. The molecule has 0 bridgehead atoms. The molecule has 0 unspecified atom stereocenters. The molecule has 2 rings (SSSR count). The lowest BCUT2D eigenvalue weighted by atomic mass is 10.1. The van der Waals surface area contributed by atoms with Crippen molar-refractivity contribution in [3.8, 4) is 0 Å². The Labute approximate surface area is 142 Å². The topological polar surface area (TPSA) is 72.2 Å². The summed E-state index contributed by atoms with van der Waals surface area (Å²) in [5, 5.41) is 14.3. The standard InChI is InChI=1S/C16H12Cl2N2O3/c1-10-8-12(20(22)23)3-5-15(10)19-7-6-16(21)11-2-4-13(17)14(18)9-11/h2-9,19H,1H3. The Morgan fingerprint density at radius 1 is 1.17 bits per heavy atom. The zero-order chi connectivity index (χ0) is 17.0. The summed E-state index contributed by atoms with van der Waals surface area (Å²) in [5.41, 5.74) is 1.81. The summed E-state index contributed by atoms with van der Waals surface area (Å²) in [4.78, 5) is 22.2. The molecule has 1 N–H and O–H groups in total. The van der Waals surface area contributed by atoms with Crippen molar-refractivity contribution in [3.63, 3.8) is 0 Å². The van der Waals surface area contributed by atoms with Crippen LogP contribution in [0.2, 0.25) is 10.0 Å². The van der Waals surface area contributed by atoms with Gasteiger partial charge in [0.15, 0.2) is 5.78 Å². The van der Waals surface area contributed by atoms with Gasteiger partial charge in [0, 0.05) is 35.7 Å². The molecule has 0 saturated carbocycles. The van der Waals surface area contributed by atoms with Gasteiger partial charge >= 0.3 is 0 Å². The van der Waals surface area contributed by atoms with E-state index in [4.69, 9.17) is 23.2 Å². The number of allylic oxidation sites excluding steroid dienone is 1. The van der Waals surface area contributed by atoms with E-state index in [1.165, 1.54) is 30.5 Å². The number of carbonyl (C=O) groups excluding carboxylic acids is 1. The highest BCUT2D eigenvalue weighted by Crippen LogP contribution is 2.23. The lowest BCUT2D eigenvalue weighted by molar-refractivity contribution is -0.384. The third-order valence-electron chi connectivity index (χ3n) is 3.10. The number of carbonyl (C=O) groups is 1. The third-order valence-corrected chi connectivity index (χ3v) is 3.84. The van der Waals surface area contributed by atoms with Gasteiger partial charge in [0.05, 0.1) is 15.0 Å². The number of non-ortho nitro benzene ring substituents is 1. The molecule has 0 fully saturated rings. The molecule has 0 aromatic heterocycles. The van der Waals surface area contributed by atoms with Gasteiger partial charge in [-0.2, -0.15) is 0 Å². The molecule has 0 amide bonds. The molecule has 2 aromatic carbocycles. The maximum absolute atomic E-state index is 12.0. The first-order chi connectivity index (χ1) is 10.9. The molecule has 0 aliphatic heterocycles. The highest BCUT2D eigenvalue weighted by atomic mass is 35.5. The Hall–Kier alpha value is -2.37. The summed E-state index contributed by atoms with van der Waals surface area (Å²) in [7, 11) is 0. The van der Waals surface area contributed by atoms with Crippen LogP contribution in [0, 0.1) is 17.0 Å². The maximum Gasteiger partial charge on any atom is 0.269 e. The van der Waals surface area contributed by atoms with Crippen LogP contribution in [-0.2, 0) is 0 Å². The average Bonchev–Trinajstić information content (AvgIpc) is 2.51. The van der Waals surface area contributed by atoms with E-state index in [1.54, 1.807) is 25.1 Å². The first-order valence-corrected chi connectivity index (χ1v) is 7.31. The van der Waals surface area contributed by atoms with Crippen LogP contribution in [0.3, 0.4) is 0 Å². The van der Waals surface area contributed by atoms with Crippen LogP contribution in [0.5, 0.6) is 0 Å². The van der Waals surface area contributed by atoms with Gasteiger partial charge in [0.1, 0.15) is 0 Å². The van der Waals surface area contributed by atoms with Crippen LogP contribution < -0.4 is 5.32 Å². The van der Waals surface area contributed by atoms with E-state index in [0.717, 1.165) is 0 Å². The minimum Gasteiger partial charge on any atom is -0.361 e. The van der Waals surface area contributed by atoms with Gasteiger partial charge in [-0.15, -0.1) is 0 Å². The van der Waals surface area contributed by atoms with Gasteiger partial charge in [-0.25, -0.2) is 0 Å². The normalized spacial score (nSPS) is 10.7. The van der Waals surface area contributed by atoms with Crippen LogP contribution in [0.15, 0.2) is 48.7 Å². The lowest BCUT2D eigenvalue weighted by Gasteiger charge is -2.05. The summed E-state index contributed by atoms with van der Waals surface area (Å²) in [5.74, 6) is -0.240. The van der Waals surface area contributed by atoms with Crippen molar-refractivity contribution in [2.24, 2.45) is 0 Å². The zero-order valence-corrected chi connectivity index (χ0v) is 13.6. The number of hydrogen-bond acceptors (Lipinski definition) is 4. The van der Waals surface area contributed by atoms with E-state index in [0.29, 0.717) is 26.9 Å². The number of benzene rings is 2. The second-order valence-electron chi connectivity index (χ2n) is 4.73. The van der Waals surface area contributed by atoms with Crippen LogP contribution in [-0.4, -0.2) is 10.7 Å². The fourth-order valence-corrected chi connectivity index (χ4v) is 2.17. The predicted molar refractivity (Wildman–Crippen MR) is 91.4 cm³/mol. The fourth-order valence-electron chi connectivity index (χ4n) is 1.88. The van der Waals surface area contributed by atoms with Gasteiger partial charge in [-0.05, 0) is 36.8 Å². The quantitative estimate of drug-likeness (QED) is 0.355. The molecule has 0 saturated heterocycles. The molecule has 0 heterocycles. The zero-order valence-electron chi connectivity index (χ0n) is 12.0. The summed E-state index contributed by atoms with van der Waals surface area (Å²) < 4.78 is 0. The summed E-state index contributed by atoms with van der Waals surface area (Å²) in [6, 6.07) is 9.06. The number of aryl methyl sites for hydroxylation is 1. The van der Waals surface area contributed by atoms with Gasteiger partial charge in [-0.3, -0.25) is 14.9 Å². The number of ketones is 1. The van der Waals surface area contributed by atoms with Crippen molar-refractivity contribution in [1.82, 2.24) is 0 Å². The van der Waals surface area contributed by atoms with Crippen molar-refractivity contribution in [3.05, 3.63) is 80.0 Å². The molecule has 23 heavy (non-hydrogen) atoms. The van der Waals surface area contributed by atoms with Crippen LogP contribution in [0.4, 0.5) is 11.4 Å². The van der Waals surface area contributed by atoms with Crippen molar-refractivity contribution < 1.29 is 9.72 Å². The number of nitro benzene ring substituents is 1. The van der Waals surface area contributed by atoms with Gasteiger partial charge < -0.3 is 5.32 Å². The minimum absolute atomic E-state index is 0.0175. The average molecular weight is 351 g/mol. The Balaban J connectivity index is 2.07. The van der Waals surface area contributed by atoms with E-state index in [-0.39, 0.29) is 11.5 Å². The number of hydrogen-bond donors (Lipinski definition) is 1. The van der Waals surface area contributed by atoms with Crippen molar-refractivity contribution in [2.75, 3.05) is 5.32 Å². The second-order valence-corrected chi connectivity index (χ2v) is 5.54. The van der Waals surface area contributed by atoms with Crippen molar-refractivity contribution in [1.29, 1.82) is 0 Å². The lowest BCUT2D eigenvalue weighted by Crippen LogP contribution is -1.98. The molecule has 0 spiro atoms. The van der Waals surface area contributed by atoms with Crippen LogP contribution >= 0.6 is 23.2 Å². The molecule has 7 heteroatoms. The van der Waals surface area contributed by atoms with E-state index < -0.39 is 4.92 Å². The molecule has 0 atom stereocenters. The number of nitro groups is 1. The van der Waals surface area contributed by atoms with E-state index >= 15 is 0 Å². The smallest absolute Gasteiger partial charge is 0.269 e. The maximum atomic E-state index is 12.0.